The second-order valence-corrected chi connectivity index (χ2v) is 8.92. The second kappa shape index (κ2) is 9.41. The molecule has 0 spiro atoms. The summed E-state index contributed by atoms with van der Waals surface area (Å²) in [6.45, 7) is 7.94. The third kappa shape index (κ3) is 5.04. The van der Waals surface area contributed by atoms with Crippen LogP contribution in [0.5, 0.6) is 0 Å². The number of hydrogen-bond acceptors (Lipinski definition) is 11. The zero-order valence-corrected chi connectivity index (χ0v) is 19.4. The van der Waals surface area contributed by atoms with Crippen LogP contribution in [0.25, 0.3) is 5.52 Å². The van der Waals surface area contributed by atoms with Crippen LogP contribution in [0.4, 0.5) is 15.4 Å². The Kier molecular flexibility index (Phi) is 6.97. The minimum absolute atomic E-state index is 0.0680. The maximum absolute atomic E-state index is 12.2. The number of nitrogens with zero attached hydrogens (tertiary/aromatic N) is 4. The van der Waals surface area contributed by atoms with Gasteiger partial charge < -0.3 is 29.2 Å². The first-order valence-corrected chi connectivity index (χ1v) is 10.5. The summed E-state index contributed by atoms with van der Waals surface area (Å²) in [6.07, 6.45) is -5.49. The lowest BCUT2D eigenvalue weighted by Crippen LogP contribution is -2.41. The zero-order chi connectivity index (χ0) is 25.3. The van der Waals surface area contributed by atoms with Gasteiger partial charge in [0.05, 0.1) is 11.8 Å². The summed E-state index contributed by atoms with van der Waals surface area (Å²) in [7, 11) is 0. The molecule has 0 saturated carbocycles. The topological polar surface area (TPSA) is 178 Å². The highest BCUT2D eigenvalue weighted by Crippen LogP contribution is 2.40. The fourth-order valence-electron chi connectivity index (χ4n) is 3.40. The Morgan fingerprint density at radius 1 is 1.35 bits per heavy atom. The van der Waals surface area contributed by atoms with E-state index >= 15 is 0 Å². The quantitative estimate of drug-likeness (QED) is 0.531. The van der Waals surface area contributed by atoms with Crippen molar-refractivity contribution in [2.45, 2.75) is 70.2 Å². The summed E-state index contributed by atoms with van der Waals surface area (Å²) < 4.78 is 22.0. The van der Waals surface area contributed by atoms with Crippen molar-refractivity contribution in [2.75, 3.05) is 11.9 Å². The van der Waals surface area contributed by atoms with Crippen molar-refractivity contribution in [1.29, 1.82) is 5.26 Å². The molecule has 2 aromatic heterocycles. The minimum atomic E-state index is -2.06. The lowest BCUT2D eigenvalue weighted by atomic mass is 9.92. The van der Waals surface area contributed by atoms with Crippen LogP contribution in [0, 0.1) is 11.3 Å². The highest BCUT2D eigenvalue weighted by Gasteiger charge is 2.58. The van der Waals surface area contributed by atoms with Crippen LogP contribution in [0.2, 0.25) is 0 Å². The summed E-state index contributed by atoms with van der Waals surface area (Å²) in [5.74, 6) is 0.0907. The number of aromatic nitrogens is 3. The van der Waals surface area contributed by atoms with Gasteiger partial charge in [0.15, 0.2) is 5.82 Å². The summed E-state index contributed by atoms with van der Waals surface area (Å²) in [4.78, 5) is 27.9. The average Bonchev–Trinajstić information content (AvgIpc) is 3.26. The third-order valence-corrected chi connectivity index (χ3v) is 4.77. The summed E-state index contributed by atoms with van der Waals surface area (Å²) in [5, 5.41) is 37.8. The van der Waals surface area contributed by atoms with E-state index in [1.165, 1.54) is 16.6 Å². The van der Waals surface area contributed by atoms with Gasteiger partial charge in [-0.3, -0.25) is 5.32 Å². The monoisotopic (exact) mass is 477 g/mol. The van der Waals surface area contributed by atoms with Gasteiger partial charge in [-0.1, -0.05) is 0 Å². The van der Waals surface area contributed by atoms with Crippen LogP contribution in [-0.2, 0) is 24.5 Å². The largest absolute Gasteiger partial charge is 0.508 e. The Morgan fingerprint density at radius 2 is 2.06 bits per heavy atom. The Morgan fingerprint density at radius 3 is 2.68 bits per heavy atom. The summed E-state index contributed by atoms with van der Waals surface area (Å²) in [6, 6.07) is 4.85. The van der Waals surface area contributed by atoms with Crippen LogP contribution in [0.15, 0.2) is 18.5 Å². The SMILES string of the molecule is CC(C)OC(=O)OC[C@H]1O[C@@](C#N)(c2ccc3c(NC(=O)OC(C)(C)C)ncnn23)[C@H](O)[C@@H]1O. The van der Waals surface area contributed by atoms with Gasteiger partial charge in [-0.15, -0.1) is 0 Å². The predicted octanol–water partition coefficient (Wildman–Crippen LogP) is 1.48. The van der Waals surface area contributed by atoms with E-state index in [2.05, 4.69) is 15.4 Å². The molecule has 3 heterocycles. The van der Waals surface area contributed by atoms with Gasteiger partial charge in [-0.05, 0) is 46.8 Å². The van der Waals surface area contributed by atoms with E-state index in [4.69, 9.17) is 18.9 Å². The fourth-order valence-corrected chi connectivity index (χ4v) is 3.40. The van der Waals surface area contributed by atoms with Gasteiger partial charge in [0.2, 0.25) is 5.60 Å². The number of ether oxygens (including phenoxy) is 4. The Balaban J connectivity index is 1.88. The Bertz CT molecular complexity index is 1100. The maximum atomic E-state index is 12.2. The number of carbonyl (C=O) groups excluding carboxylic acids is 2. The van der Waals surface area contributed by atoms with Crippen molar-refractivity contribution in [3.8, 4) is 6.07 Å². The number of anilines is 1. The van der Waals surface area contributed by atoms with Crippen LogP contribution in [-0.4, -0.2) is 73.7 Å². The molecule has 0 radical (unpaired) electrons. The van der Waals surface area contributed by atoms with Gasteiger partial charge in [-0.2, -0.15) is 10.4 Å². The van der Waals surface area contributed by atoms with Crippen LogP contribution in [0.1, 0.15) is 40.3 Å². The van der Waals surface area contributed by atoms with Crippen LogP contribution in [0.3, 0.4) is 0 Å². The Hall–Kier alpha value is -3.47. The molecule has 34 heavy (non-hydrogen) atoms. The first-order valence-electron chi connectivity index (χ1n) is 10.5. The van der Waals surface area contributed by atoms with E-state index in [-0.39, 0.29) is 17.0 Å². The van der Waals surface area contributed by atoms with E-state index in [0.717, 1.165) is 6.33 Å². The molecule has 1 aliphatic rings. The lowest BCUT2D eigenvalue weighted by Gasteiger charge is -2.24. The molecular formula is C21H27N5O8. The molecule has 3 rings (SSSR count). The summed E-state index contributed by atoms with van der Waals surface area (Å²) in [5.41, 5.74) is -2.44. The van der Waals surface area contributed by atoms with Gasteiger partial charge in [-0.25, -0.2) is 19.1 Å². The van der Waals surface area contributed by atoms with Crippen LogP contribution >= 0.6 is 0 Å². The second-order valence-electron chi connectivity index (χ2n) is 8.92. The highest BCUT2D eigenvalue weighted by atomic mass is 16.7. The molecule has 3 N–H and O–H groups in total. The summed E-state index contributed by atoms with van der Waals surface area (Å²) >= 11 is 0. The minimum Gasteiger partial charge on any atom is -0.444 e. The predicted molar refractivity (Wildman–Crippen MR) is 115 cm³/mol. The molecule has 0 bridgehead atoms. The van der Waals surface area contributed by atoms with Gasteiger partial charge in [0.25, 0.3) is 0 Å². The molecule has 1 amide bonds. The van der Waals surface area contributed by atoms with Crippen molar-refractivity contribution in [2.24, 2.45) is 0 Å². The van der Waals surface area contributed by atoms with Crippen molar-refractivity contribution in [3.63, 3.8) is 0 Å². The van der Waals surface area contributed by atoms with Gasteiger partial charge >= 0.3 is 12.2 Å². The first-order chi connectivity index (χ1) is 15.9. The van der Waals surface area contributed by atoms with E-state index < -0.39 is 54.5 Å². The number of nitrogens with one attached hydrogen (secondary N) is 1. The third-order valence-electron chi connectivity index (χ3n) is 4.77. The van der Waals surface area contributed by atoms with Crippen molar-refractivity contribution < 1.29 is 38.7 Å². The number of aliphatic hydroxyl groups is 2. The normalized spacial score (nSPS) is 24.6. The van der Waals surface area contributed by atoms with E-state index in [0.29, 0.717) is 0 Å². The molecular weight excluding hydrogens is 450 g/mol. The van der Waals surface area contributed by atoms with Crippen molar-refractivity contribution in [3.05, 3.63) is 24.2 Å². The van der Waals surface area contributed by atoms with E-state index in [1.807, 2.05) is 6.07 Å². The zero-order valence-electron chi connectivity index (χ0n) is 19.4. The smallest absolute Gasteiger partial charge is 0.444 e. The standard InChI is InChI=1S/C21H27N5O8/c1-11(2)32-19(30)31-8-13-15(27)16(28)21(9-22,33-13)14-7-6-12-17(23-10-24-26(12)14)25-18(29)34-20(3,4)5/h6-7,10-11,13,15-16,27-28H,8H2,1-5H3,(H,23,24,25,29)/t13-,15-,16-,21+/m1/s1. The number of amides is 1. The number of fused-ring (bicyclic) bond motifs is 1. The molecule has 0 aliphatic carbocycles. The molecule has 1 aliphatic heterocycles. The van der Waals surface area contributed by atoms with E-state index in [9.17, 15) is 25.1 Å². The van der Waals surface area contributed by atoms with Crippen molar-refractivity contribution >= 4 is 23.6 Å². The van der Waals surface area contributed by atoms with Crippen molar-refractivity contribution in [1.82, 2.24) is 14.6 Å². The molecule has 184 valence electrons. The highest BCUT2D eigenvalue weighted by molar-refractivity contribution is 5.89. The molecule has 0 aromatic carbocycles. The molecule has 4 atom stereocenters. The lowest BCUT2D eigenvalue weighted by molar-refractivity contribution is -0.0737. The number of rotatable bonds is 5. The van der Waals surface area contributed by atoms with Gasteiger partial charge in [0.1, 0.15) is 48.4 Å². The molecule has 0 unspecified atom stereocenters. The molecule has 13 nitrogen and oxygen atoms in total. The number of nitriles is 1. The number of hydrogen-bond donors (Lipinski definition) is 3. The number of carbonyl (C=O) groups is 2. The van der Waals surface area contributed by atoms with E-state index in [1.54, 1.807) is 34.6 Å². The fraction of sp³-hybridized carbons (Fsp3) is 0.571. The number of aliphatic hydroxyl groups excluding tert-OH is 2. The van der Waals surface area contributed by atoms with Crippen LogP contribution < -0.4 is 5.32 Å². The molecule has 13 heteroatoms. The molecule has 2 aromatic rings. The maximum Gasteiger partial charge on any atom is 0.508 e. The molecule has 1 fully saturated rings. The van der Waals surface area contributed by atoms with Gasteiger partial charge in [0, 0.05) is 0 Å². The first kappa shape index (κ1) is 25.2. The average molecular weight is 477 g/mol. The molecule has 1 saturated heterocycles. The Labute approximate surface area is 195 Å².